The third-order valence-corrected chi connectivity index (χ3v) is 2.46. The molecule has 2 aromatic rings. The van der Waals surface area contributed by atoms with Crippen LogP contribution in [0, 0.1) is 0 Å². The van der Waals surface area contributed by atoms with Gasteiger partial charge in [0.15, 0.2) is 0 Å². The van der Waals surface area contributed by atoms with E-state index in [1.54, 1.807) is 36.4 Å². The van der Waals surface area contributed by atoms with Gasteiger partial charge >= 0.3 is 0 Å². The molecule has 0 saturated carbocycles. The molecule has 0 aliphatic heterocycles. The van der Waals surface area contributed by atoms with Crippen molar-refractivity contribution in [3.8, 4) is 11.5 Å². The molecule has 0 aromatic heterocycles. The molecule has 0 amide bonds. The lowest BCUT2D eigenvalue weighted by Gasteiger charge is -2.12. The Bertz CT molecular complexity index is 451. The van der Waals surface area contributed by atoms with Crippen molar-refractivity contribution in [1.29, 1.82) is 0 Å². The molecule has 0 spiro atoms. The third-order valence-electron chi connectivity index (χ3n) is 2.46. The molecule has 0 heterocycles. The number of hydrogen-bond acceptors (Lipinski definition) is 3. The minimum Gasteiger partial charge on any atom is -0.508 e. The molecule has 0 unspecified atom stereocenters. The van der Waals surface area contributed by atoms with Crippen LogP contribution in [0.1, 0.15) is 17.2 Å². The predicted octanol–water partition coefficient (Wildman–Crippen LogP) is 2.15. The zero-order chi connectivity index (χ0) is 11.5. The van der Waals surface area contributed by atoms with Gasteiger partial charge in [0.25, 0.3) is 0 Å². The topological polar surface area (TPSA) is 66.5 Å². The van der Waals surface area contributed by atoms with E-state index < -0.39 is 0 Å². The summed E-state index contributed by atoms with van der Waals surface area (Å²) in [7, 11) is 0. The normalized spacial score (nSPS) is 10.6. The number of benzene rings is 2. The summed E-state index contributed by atoms with van der Waals surface area (Å²) in [5.41, 5.74) is 7.65. The summed E-state index contributed by atoms with van der Waals surface area (Å²) in [6.45, 7) is 0. The number of aromatic hydroxyl groups is 2. The summed E-state index contributed by atoms with van der Waals surface area (Å²) in [4.78, 5) is 0. The molecule has 0 aliphatic carbocycles. The van der Waals surface area contributed by atoms with Crippen molar-refractivity contribution in [2.75, 3.05) is 0 Å². The monoisotopic (exact) mass is 215 g/mol. The summed E-state index contributed by atoms with van der Waals surface area (Å²) >= 11 is 0. The first kappa shape index (κ1) is 10.5. The lowest BCUT2D eigenvalue weighted by atomic mass is 9.99. The van der Waals surface area contributed by atoms with Crippen molar-refractivity contribution >= 4 is 0 Å². The van der Waals surface area contributed by atoms with Crippen LogP contribution in [-0.2, 0) is 0 Å². The number of phenols is 2. The maximum Gasteiger partial charge on any atom is 0.115 e. The first-order chi connectivity index (χ1) is 7.66. The van der Waals surface area contributed by atoms with Crippen molar-refractivity contribution in [2.24, 2.45) is 5.73 Å². The van der Waals surface area contributed by atoms with Gasteiger partial charge in [-0.2, -0.15) is 0 Å². The van der Waals surface area contributed by atoms with Crippen LogP contribution in [0.3, 0.4) is 0 Å². The van der Waals surface area contributed by atoms with E-state index in [0.29, 0.717) is 0 Å². The van der Waals surface area contributed by atoms with E-state index in [1.807, 2.05) is 12.1 Å². The van der Waals surface area contributed by atoms with Crippen LogP contribution in [-0.4, -0.2) is 10.2 Å². The van der Waals surface area contributed by atoms with Crippen molar-refractivity contribution < 1.29 is 10.2 Å². The zero-order valence-corrected chi connectivity index (χ0v) is 8.67. The molecular formula is C13H13NO2. The standard InChI is InChI=1S/C13H13NO2/c14-13(9-3-1-5-11(15)7-9)10-4-2-6-12(16)8-10/h1-8,13,15-16H,14H2. The molecule has 16 heavy (non-hydrogen) atoms. The summed E-state index contributed by atoms with van der Waals surface area (Å²) in [6.07, 6.45) is 0. The fraction of sp³-hybridized carbons (Fsp3) is 0.0769. The fourth-order valence-electron chi connectivity index (χ4n) is 1.63. The Labute approximate surface area is 93.8 Å². The summed E-state index contributed by atoms with van der Waals surface area (Å²) < 4.78 is 0. The van der Waals surface area contributed by atoms with Gasteiger partial charge in [0, 0.05) is 0 Å². The van der Waals surface area contributed by atoms with Gasteiger partial charge in [0.1, 0.15) is 11.5 Å². The van der Waals surface area contributed by atoms with Crippen molar-refractivity contribution in [2.45, 2.75) is 6.04 Å². The van der Waals surface area contributed by atoms with Crippen LogP contribution in [0.15, 0.2) is 48.5 Å². The highest BCUT2D eigenvalue weighted by Crippen LogP contribution is 2.24. The Balaban J connectivity index is 2.35. The lowest BCUT2D eigenvalue weighted by molar-refractivity contribution is 0.473. The van der Waals surface area contributed by atoms with E-state index in [4.69, 9.17) is 5.73 Å². The van der Waals surface area contributed by atoms with Gasteiger partial charge in [-0.3, -0.25) is 0 Å². The fourth-order valence-corrected chi connectivity index (χ4v) is 1.63. The molecule has 82 valence electrons. The summed E-state index contributed by atoms with van der Waals surface area (Å²) in [6, 6.07) is 13.3. The van der Waals surface area contributed by atoms with Crippen LogP contribution in [0.25, 0.3) is 0 Å². The van der Waals surface area contributed by atoms with Crippen LogP contribution < -0.4 is 5.73 Å². The average Bonchev–Trinajstić information content (AvgIpc) is 2.28. The van der Waals surface area contributed by atoms with Crippen LogP contribution >= 0.6 is 0 Å². The second kappa shape index (κ2) is 4.24. The van der Waals surface area contributed by atoms with E-state index in [1.165, 1.54) is 0 Å². The van der Waals surface area contributed by atoms with E-state index in [2.05, 4.69) is 0 Å². The minimum absolute atomic E-state index is 0.188. The third kappa shape index (κ3) is 2.15. The second-order valence-electron chi connectivity index (χ2n) is 3.67. The highest BCUT2D eigenvalue weighted by molar-refractivity contribution is 5.38. The summed E-state index contributed by atoms with van der Waals surface area (Å²) in [5.74, 6) is 0.376. The quantitative estimate of drug-likeness (QED) is 0.719. The number of phenolic OH excluding ortho intramolecular Hbond substituents is 2. The molecule has 3 heteroatoms. The SMILES string of the molecule is NC(c1cccc(O)c1)c1cccc(O)c1. The molecule has 3 nitrogen and oxygen atoms in total. The number of nitrogens with two attached hydrogens (primary N) is 1. The molecule has 4 N–H and O–H groups in total. The molecule has 0 atom stereocenters. The highest BCUT2D eigenvalue weighted by Gasteiger charge is 2.09. The van der Waals surface area contributed by atoms with E-state index in [9.17, 15) is 10.2 Å². The number of rotatable bonds is 2. The molecule has 0 aliphatic rings. The van der Waals surface area contributed by atoms with Gasteiger partial charge < -0.3 is 15.9 Å². The van der Waals surface area contributed by atoms with E-state index in [-0.39, 0.29) is 17.5 Å². The average molecular weight is 215 g/mol. The van der Waals surface area contributed by atoms with Crippen molar-refractivity contribution in [3.63, 3.8) is 0 Å². The molecule has 0 radical (unpaired) electrons. The molecule has 0 bridgehead atoms. The Hall–Kier alpha value is -2.00. The maximum atomic E-state index is 9.36. The largest absolute Gasteiger partial charge is 0.508 e. The minimum atomic E-state index is -0.348. The Morgan fingerprint density at radius 3 is 1.62 bits per heavy atom. The summed E-state index contributed by atoms with van der Waals surface area (Å²) in [5, 5.41) is 18.7. The highest BCUT2D eigenvalue weighted by atomic mass is 16.3. The molecule has 0 saturated heterocycles. The second-order valence-corrected chi connectivity index (χ2v) is 3.67. The van der Waals surface area contributed by atoms with Gasteiger partial charge in [-0.05, 0) is 35.4 Å². The number of hydrogen-bond donors (Lipinski definition) is 3. The molecular weight excluding hydrogens is 202 g/mol. The van der Waals surface area contributed by atoms with Crippen molar-refractivity contribution in [1.82, 2.24) is 0 Å². The zero-order valence-electron chi connectivity index (χ0n) is 8.67. The van der Waals surface area contributed by atoms with Gasteiger partial charge in [0.05, 0.1) is 6.04 Å². The van der Waals surface area contributed by atoms with Crippen molar-refractivity contribution in [3.05, 3.63) is 59.7 Å². The van der Waals surface area contributed by atoms with Crippen LogP contribution in [0.5, 0.6) is 11.5 Å². The smallest absolute Gasteiger partial charge is 0.115 e. The Morgan fingerprint density at radius 1 is 0.812 bits per heavy atom. The van der Waals surface area contributed by atoms with Gasteiger partial charge in [0.2, 0.25) is 0 Å². The maximum absolute atomic E-state index is 9.36. The van der Waals surface area contributed by atoms with Crippen LogP contribution in [0.4, 0.5) is 0 Å². The Morgan fingerprint density at radius 2 is 1.25 bits per heavy atom. The molecule has 2 aromatic carbocycles. The van der Waals surface area contributed by atoms with Gasteiger partial charge in [-0.1, -0.05) is 24.3 Å². The lowest BCUT2D eigenvalue weighted by Crippen LogP contribution is -2.11. The van der Waals surface area contributed by atoms with Gasteiger partial charge in [-0.15, -0.1) is 0 Å². The first-order valence-electron chi connectivity index (χ1n) is 5.00. The van der Waals surface area contributed by atoms with E-state index in [0.717, 1.165) is 11.1 Å². The van der Waals surface area contributed by atoms with Gasteiger partial charge in [-0.25, -0.2) is 0 Å². The molecule has 2 rings (SSSR count). The molecule has 0 fully saturated rings. The first-order valence-corrected chi connectivity index (χ1v) is 5.00. The van der Waals surface area contributed by atoms with E-state index >= 15 is 0 Å². The predicted molar refractivity (Wildman–Crippen MR) is 62.2 cm³/mol. The Kier molecular flexibility index (Phi) is 2.79. The van der Waals surface area contributed by atoms with Crippen LogP contribution in [0.2, 0.25) is 0 Å².